The number of carbonyl (C=O) groups excluding carboxylic acids is 1. The molecule has 0 aromatic heterocycles. The normalized spacial score (nSPS) is 30.5. The molecule has 3 nitrogen and oxygen atoms in total. The summed E-state index contributed by atoms with van der Waals surface area (Å²) in [5.74, 6) is 3.10. The Morgan fingerprint density at radius 2 is 2.13 bits per heavy atom. The molecular weight excluding hydrogens is 208 g/mol. The van der Waals surface area contributed by atoms with E-state index in [0.717, 1.165) is 24.1 Å². The van der Waals surface area contributed by atoms with Crippen LogP contribution in [0.4, 0.5) is 0 Å². The molecule has 1 atom stereocenters. The highest BCUT2D eigenvalue weighted by molar-refractivity contribution is 7.99. The zero-order chi connectivity index (χ0) is 10.3. The highest BCUT2D eigenvalue weighted by Crippen LogP contribution is 2.35. The van der Waals surface area contributed by atoms with Gasteiger partial charge in [-0.15, -0.1) is 11.8 Å². The van der Waals surface area contributed by atoms with Crippen molar-refractivity contribution in [3.63, 3.8) is 0 Å². The summed E-state index contributed by atoms with van der Waals surface area (Å²) in [6.45, 7) is 1.03. The molecule has 0 aromatic carbocycles. The van der Waals surface area contributed by atoms with Crippen LogP contribution >= 0.6 is 11.8 Å². The lowest BCUT2D eigenvalue weighted by Gasteiger charge is -2.25. The molecule has 0 bridgehead atoms. The van der Waals surface area contributed by atoms with E-state index in [4.69, 9.17) is 0 Å². The van der Waals surface area contributed by atoms with Gasteiger partial charge in [-0.25, -0.2) is 0 Å². The minimum absolute atomic E-state index is 0.106. The molecule has 0 aromatic rings. The summed E-state index contributed by atoms with van der Waals surface area (Å²) in [5.41, 5.74) is 0. The molecule has 2 aliphatic carbocycles. The van der Waals surface area contributed by atoms with E-state index in [1.807, 2.05) is 11.8 Å². The summed E-state index contributed by atoms with van der Waals surface area (Å²) in [7, 11) is 0. The predicted molar refractivity (Wildman–Crippen MR) is 61.7 cm³/mol. The molecule has 3 fully saturated rings. The van der Waals surface area contributed by atoms with Crippen molar-refractivity contribution in [3.05, 3.63) is 0 Å². The predicted octanol–water partition coefficient (Wildman–Crippen LogP) is 1.05. The van der Waals surface area contributed by atoms with Crippen LogP contribution in [0.2, 0.25) is 0 Å². The van der Waals surface area contributed by atoms with Crippen molar-refractivity contribution in [3.8, 4) is 0 Å². The van der Waals surface area contributed by atoms with Gasteiger partial charge in [0.2, 0.25) is 5.91 Å². The minimum Gasteiger partial charge on any atom is -0.338 e. The van der Waals surface area contributed by atoms with Gasteiger partial charge in [0.15, 0.2) is 0 Å². The van der Waals surface area contributed by atoms with Crippen LogP contribution in [0.25, 0.3) is 0 Å². The van der Waals surface area contributed by atoms with Gasteiger partial charge < -0.3 is 4.90 Å². The van der Waals surface area contributed by atoms with Crippen LogP contribution in [0.5, 0.6) is 0 Å². The van der Waals surface area contributed by atoms with Crippen molar-refractivity contribution >= 4 is 17.7 Å². The Bertz CT molecular complexity index is 257. The topological polar surface area (TPSA) is 32.3 Å². The fourth-order valence-electron chi connectivity index (χ4n) is 2.14. The third-order valence-electron chi connectivity index (χ3n) is 3.44. The van der Waals surface area contributed by atoms with E-state index < -0.39 is 0 Å². The Labute approximate surface area is 95.0 Å². The number of amides is 1. The molecule has 3 aliphatic rings. The third kappa shape index (κ3) is 2.31. The van der Waals surface area contributed by atoms with E-state index in [1.165, 1.54) is 25.7 Å². The number of rotatable bonds is 4. The van der Waals surface area contributed by atoms with Crippen LogP contribution in [0.3, 0.4) is 0 Å². The Balaban J connectivity index is 1.61. The molecule has 84 valence electrons. The second-order valence-electron chi connectivity index (χ2n) is 4.94. The standard InChI is InChI=1S/C11H18N2OS/c14-11(10-6-15-7-12-10)13(9-3-4-9)5-8-1-2-8/h8-10,12H,1-7H2. The first-order valence-electron chi connectivity index (χ1n) is 5.96. The molecule has 3 rings (SSSR count). The van der Waals surface area contributed by atoms with Crippen molar-refractivity contribution < 1.29 is 4.79 Å². The fraction of sp³-hybridized carbons (Fsp3) is 0.909. The molecule has 0 spiro atoms. The van der Waals surface area contributed by atoms with E-state index in [-0.39, 0.29) is 6.04 Å². The van der Waals surface area contributed by atoms with Crippen molar-refractivity contribution in [2.24, 2.45) is 5.92 Å². The van der Waals surface area contributed by atoms with Crippen LogP contribution in [0, 0.1) is 5.92 Å². The molecule has 4 heteroatoms. The Morgan fingerprint density at radius 3 is 2.67 bits per heavy atom. The zero-order valence-electron chi connectivity index (χ0n) is 8.95. The molecule has 1 N–H and O–H groups in total. The number of nitrogens with zero attached hydrogens (tertiary/aromatic N) is 1. The maximum atomic E-state index is 12.2. The first-order chi connectivity index (χ1) is 7.34. The van der Waals surface area contributed by atoms with Gasteiger partial charge in [-0.05, 0) is 31.6 Å². The lowest BCUT2D eigenvalue weighted by molar-refractivity contribution is -0.133. The zero-order valence-corrected chi connectivity index (χ0v) is 9.76. The molecule has 0 radical (unpaired) electrons. The Morgan fingerprint density at radius 1 is 1.33 bits per heavy atom. The van der Waals surface area contributed by atoms with E-state index >= 15 is 0 Å². The summed E-state index contributed by atoms with van der Waals surface area (Å²) in [6, 6.07) is 0.694. The van der Waals surface area contributed by atoms with Gasteiger partial charge in [-0.3, -0.25) is 10.1 Å². The van der Waals surface area contributed by atoms with Crippen LogP contribution in [0.15, 0.2) is 0 Å². The van der Waals surface area contributed by atoms with Crippen LogP contribution in [0.1, 0.15) is 25.7 Å². The number of carbonyl (C=O) groups is 1. The van der Waals surface area contributed by atoms with Crippen molar-refractivity contribution in [1.29, 1.82) is 0 Å². The third-order valence-corrected chi connectivity index (χ3v) is 4.38. The van der Waals surface area contributed by atoms with Gasteiger partial charge in [-0.2, -0.15) is 0 Å². The van der Waals surface area contributed by atoms with Crippen molar-refractivity contribution in [1.82, 2.24) is 10.2 Å². The van der Waals surface area contributed by atoms with E-state index in [1.54, 1.807) is 0 Å². The molecule has 1 amide bonds. The van der Waals surface area contributed by atoms with Crippen LogP contribution < -0.4 is 5.32 Å². The van der Waals surface area contributed by atoms with E-state index in [0.29, 0.717) is 11.9 Å². The molecular formula is C11H18N2OS. The summed E-state index contributed by atoms with van der Waals surface area (Å²) in [6.07, 6.45) is 5.14. The molecule has 1 saturated heterocycles. The minimum atomic E-state index is 0.106. The van der Waals surface area contributed by atoms with Crippen molar-refractivity contribution in [2.45, 2.75) is 37.8 Å². The molecule has 1 unspecified atom stereocenters. The average molecular weight is 226 g/mol. The monoisotopic (exact) mass is 226 g/mol. The molecule has 1 aliphatic heterocycles. The summed E-state index contributed by atoms with van der Waals surface area (Å²) in [5, 5.41) is 3.28. The van der Waals surface area contributed by atoms with Crippen LogP contribution in [-0.2, 0) is 4.79 Å². The second kappa shape index (κ2) is 3.98. The molecule has 2 saturated carbocycles. The average Bonchev–Trinajstić information content (AvgIpc) is 3.14. The number of hydrogen-bond acceptors (Lipinski definition) is 3. The van der Waals surface area contributed by atoms with E-state index in [2.05, 4.69) is 10.2 Å². The van der Waals surface area contributed by atoms with Gasteiger partial charge in [0.25, 0.3) is 0 Å². The second-order valence-corrected chi connectivity index (χ2v) is 5.97. The lowest BCUT2D eigenvalue weighted by Crippen LogP contribution is -2.46. The molecule has 15 heavy (non-hydrogen) atoms. The SMILES string of the molecule is O=C(C1CSCN1)N(CC1CC1)C1CC1. The first-order valence-corrected chi connectivity index (χ1v) is 7.11. The number of thioether (sulfide) groups is 1. The van der Waals surface area contributed by atoms with Gasteiger partial charge in [-0.1, -0.05) is 0 Å². The van der Waals surface area contributed by atoms with Gasteiger partial charge in [0, 0.05) is 24.2 Å². The fourth-order valence-corrected chi connectivity index (χ4v) is 3.07. The largest absolute Gasteiger partial charge is 0.338 e. The quantitative estimate of drug-likeness (QED) is 0.777. The van der Waals surface area contributed by atoms with Gasteiger partial charge in [0.05, 0.1) is 6.04 Å². The lowest BCUT2D eigenvalue weighted by atomic mass is 10.2. The Hall–Kier alpha value is -0.220. The van der Waals surface area contributed by atoms with Crippen LogP contribution in [-0.4, -0.2) is 41.1 Å². The summed E-state index contributed by atoms with van der Waals surface area (Å²) in [4.78, 5) is 14.4. The summed E-state index contributed by atoms with van der Waals surface area (Å²) < 4.78 is 0. The van der Waals surface area contributed by atoms with E-state index in [9.17, 15) is 4.79 Å². The molecule has 1 heterocycles. The number of nitrogens with one attached hydrogen (secondary N) is 1. The maximum absolute atomic E-state index is 12.2. The van der Waals surface area contributed by atoms with Gasteiger partial charge in [0.1, 0.15) is 0 Å². The van der Waals surface area contributed by atoms with Crippen molar-refractivity contribution in [2.75, 3.05) is 18.2 Å². The van der Waals surface area contributed by atoms with Gasteiger partial charge >= 0.3 is 0 Å². The summed E-state index contributed by atoms with van der Waals surface area (Å²) >= 11 is 1.84. The highest BCUT2D eigenvalue weighted by Gasteiger charge is 2.39. The first kappa shape index (κ1) is 9.97. The Kier molecular flexibility index (Phi) is 2.64. The number of hydrogen-bond donors (Lipinski definition) is 1. The smallest absolute Gasteiger partial charge is 0.240 e. The highest BCUT2D eigenvalue weighted by atomic mass is 32.2. The maximum Gasteiger partial charge on any atom is 0.240 e.